The number of halogens is 1. The van der Waals surface area contributed by atoms with Gasteiger partial charge in [0.2, 0.25) is 0 Å². The molecule has 0 saturated heterocycles. The van der Waals surface area contributed by atoms with E-state index in [-0.39, 0.29) is 10.7 Å². The van der Waals surface area contributed by atoms with Crippen molar-refractivity contribution in [1.82, 2.24) is 0 Å². The predicted molar refractivity (Wildman–Crippen MR) is 96.1 cm³/mol. The standard InChI is InChI=1S/C19H17ClN2O2/c1-12-9-10-13(2)15(11-12)22-18(23)16(20)17(19(22)24)21(3)14-7-5-4-6-8-14/h4-11H,1-3H3. The van der Waals surface area contributed by atoms with Gasteiger partial charge in [0.05, 0.1) is 5.69 Å². The van der Waals surface area contributed by atoms with Crippen LogP contribution in [0.3, 0.4) is 0 Å². The number of rotatable bonds is 3. The molecule has 24 heavy (non-hydrogen) atoms. The summed E-state index contributed by atoms with van der Waals surface area (Å²) < 4.78 is 0. The number of hydrogen-bond acceptors (Lipinski definition) is 3. The molecule has 0 N–H and O–H groups in total. The third-order valence-electron chi connectivity index (χ3n) is 4.09. The Balaban J connectivity index is 2.04. The van der Waals surface area contributed by atoms with Crippen LogP contribution in [0.15, 0.2) is 59.3 Å². The van der Waals surface area contributed by atoms with Crippen molar-refractivity contribution in [2.45, 2.75) is 13.8 Å². The van der Waals surface area contributed by atoms with Crippen molar-refractivity contribution in [1.29, 1.82) is 0 Å². The Morgan fingerprint density at radius 2 is 1.62 bits per heavy atom. The summed E-state index contributed by atoms with van der Waals surface area (Å²) in [6.45, 7) is 3.78. The van der Waals surface area contributed by atoms with Crippen LogP contribution in [0.4, 0.5) is 11.4 Å². The first-order valence-corrected chi connectivity index (χ1v) is 7.94. The van der Waals surface area contributed by atoms with E-state index in [0.29, 0.717) is 5.69 Å². The first-order chi connectivity index (χ1) is 11.4. The molecule has 122 valence electrons. The molecule has 3 rings (SSSR count). The fraction of sp³-hybridized carbons (Fsp3) is 0.158. The van der Waals surface area contributed by atoms with Gasteiger partial charge >= 0.3 is 0 Å². The number of anilines is 2. The van der Waals surface area contributed by atoms with E-state index in [1.54, 1.807) is 11.9 Å². The average molecular weight is 341 g/mol. The number of imide groups is 1. The molecule has 4 nitrogen and oxygen atoms in total. The van der Waals surface area contributed by atoms with Crippen LogP contribution in [0.5, 0.6) is 0 Å². The van der Waals surface area contributed by atoms with E-state index in [0.717, 1.165) is 21.7 Å². The Bertz CT molecular complexity index is 859. The fourth-order valence-corrected chi connectivity index (χ4v) is 3.03. The molecule has 0 spiro atoms. The first-order valence-electron chi connectivity index (χ1n) is 7.56. The van der Waals surface area contributed by atoms with Gasteiger partial charge in [-0.3, -0.25) is 9.59 Å². The van der Waals surface area contributed by atoms with Gasteiger partial charge in [0, 0.05) is 12.7 Å². The summed E-state index contributed by atoms with van der Waals surface area (Å²) in [5, 5.41) is -0.0627. The summed E-state index contributed by atoms with van der Waals surface area (Å²) in [6, 6.07) is 15.0. The number of carbonyl (C=O) groups excluding carboxylic acids is 2. The molecule has 5 heteroatoms. The van der Waals surface area contributed by atoms with E-state index >= 15 is 0 Å². The van der Waals surface area contributed by atoms with Crippen LogP contribution in [0, 0.1) is 13.8 Å². The Labute approximate surface area is 145 Å². The summed E-state index contributed by atoms with van der Waals surface area (Å²) in [6.07, 6.45) is 0. The molecular weight excluding hydrogens is 324 g/mol. The molecular formula is C19H17ClN2O2. The second-order valence-corrected chi connectivity index (χ2v) is 6.17. The lowest BCUT2D eigenvalue weighted by molar-refractivity contribution is -0.120. The summed E-state index contributed by atoms with van der Waals surface area (Å²) in [7, 11) is 1.73. The van der Waals surface area contributed by atoms with E-state index in [1.165, 1.54) is 0 Å². The number of benzene rings is 2. The second-order valence-electron chi connectivity index (χ2n) is 5.79. The third kappa shape index (κ3) is 2.59. The van der Waals surface area contributed by atoms with Crippen LogP contribution < -0.4 is 9.80 Å². The topological polar surface area (TPSA) is 40.6 Å². The molecule has 0 fully saturated rings. The van der Waals surface area contributed by atoms with Crippen molar-refractivity contribution in [3.05, 3.63) is 70.4 Å². The highest BCUT2D eigenvalue weighted by Gasteiger charge is 2.41. The highest BCUT2D eigenvalue weighted by atomic mass is 35.5. The van der Waals surface area contributed by atoms with Gasteiger partial charge in [-0.05, 0) is 43.2 Å². The predicted octanol–water partition coefficient (Wildman–Crippen LogP) is 3.76. The molecule has 0 aromatic heterocycles. The largest absolute Gasteiger partial charge is 0.339 e. The van der Waals surface area contributed by atoms with Crippen molar-refractivity contribution in [2.24, 2.45) is 0 Å². The maximum absolute atomic E-state index is 12.9. The zero-order valence-corrected chi connectivity index (χ0v) is 14.5. The minimum Gasteiger partial charge on any atom is -0.339 e. The van der Waals surface area contributed by atoms with Crippen LogP contribution in [0.2, 0.25) is 0 Å². The Morgan fingerprint density at radius 1 is 0.958 bits per heavy atom. The number of hydrogen-bond donors (Lipinski definition) is 0. The molecule has 2 aromatic carbocycles. The van der Waals surface area contributed by atoms with E-state index in [2.05, 4.69) is 0 Å². The number of nitrogens with zero attached hydrogens (tertiary/aromatic N) is 2. The van der Waals surface area contributed by atoms with Gasteiger partial charge in [-0.2, -0.15) is 0 Å². The molecule has 0 bridgehead atoms. The second kappa shape index (κ2) is 6.13. The van der Waals surface area contributed by atoms with E-state index in [1.807, 2.05) is 62.4 Å². The minimum absolute atomic E-state index is 0.0627. The molecule has 0 saturated carbocycles. The van der Waals surface area contributed by atoms with Crippen LogP contribution >= 0.6 is 11.6 Å². The van der Waals surface area contributed by atoms with E-state index < -0.39 is 11.8 Å². The van der Waals surface area contributed by atoms with Crippen molar-refractivity contribution < 1.29 is 9.59 Å². The summed E-state index contributed by atoms with van der Waals surface area (Å²) in [5.41, 5.74) is 3.36. The molecule has 1 aliphatic rings. The fourth-order valence-electron chi connectivity index (χ4n) is 2.74. The monoisotopic (exact) mass is 340 g/mol. The quantitative estimate of drug-likeness (QED) is 0.799. The van der Waals surface area contributed by atoms with Gasteiger partial charge in [-0.1, -0.05) is 41.9 Å². The van der Waals surface area contributed by atoms with Crippen LogP contribution in [0.25, 0.3) is 0 Å². The van der Waals surface area contributed by atoms with Gasteiger partial charge in [-0.15, -0.1) is 0 Å². The van der Waals surface area contributed by atoms with Gasteiger partial charge in [0.15, 0.2) is 0 Å². The maximum atomic E-state index is 12.9. The lowest BCUT2D eigenvalue weighted by Crippen LogP contribution is -2.34. The van der Waals surface area contributed by atoms with E-state index in [9.17, 15) is 9.59 Å². The summed E-state index contributed by atoms with van der Waals surface area (Å²) in [5.74, 6) is -0.904. The van der Waals surface area contributed by atoms with Crippen molar-refractivity contribution >= 4 is 34.8 Å². The molecule has 0 aliphatic carbocycles. The Hall–Kier alpha value is -2.59. The van der Waals surface area contributed by atoms with Crippen molar-refractivity contribution in [2.75, 3.05) is 16.8 Å². The molecule has 2 aromatic rings. The summed E-state index contributed by atoms with van der Waals surface area (Å²) in [4.78, 5) is 28.3. The van der Waals surface area contributed by atoms with Gasteiger partial charge in [0.25, 0.3) is 11.8 Å². The van der Waals surface area contributed by atoms with Gasteiger partial charge in [-0.25, -0.2) is 4.90 Å². The molecule has 0 unspecified atom stereocenters. The number of likely N-dealkylation sites (N-methyl/N-ethyl adjacent to an activating group) is 1. The van der Waals surface area contributed by atoms with Gasteiger partial charge < -0.3 is 4.90 Å². The maximum Gasteiger partial charge on any atom is 0.283 e. The number of amides is 2. The normalized spacial score (nSPS) is 14.6. The first kappa shape index (κ1) is 16.3. The zero-order valence-electron chi connectivity index (χ0n) is 13.7. The molecule has 0 atom stereocenters. The molecule has 1 aliphatic heterocycles. The average Bonchev–Trinajstić information content (AvgIpc) is 2.80. The highest BCUT2D eigenvalue weighted by molar-refractivity contribution is 6.53. The van der Waals surface area contributed by atoms with Crippen molar-refractivity contribution in [3.8, 4) is 0 Å². The third-order valence-corrected chi connectivity index (χ3v) is 4.43. The number of para-hydroxylation sites is 1. The van der Waals surface area contributed by atoms with Crippen LogP contribution in [0.1, 0.15) is 11.1 Å². The summed E-state index contributed by atoms with van der Waals surface area (Å²) >= 11 is 6.23. The molecule has 1 heterocycles. The van der Waals surface area contributed by atoms with Crippen LogP contribution in [-0.4, -0.2) is 18.9 Å². The minimum atomic E-state index is -0.492. The Morgan fingerprint density at radius 3 is 2.29 bits per heavy atom. The zero-order chi connectivity index (χ0) is 17.4. The number of aryl methyl sites for hydroxylation is 2. The smallest absolute Gasteiger partial charge is 0.283 e. The van der Waals surface area contributed by atoms with Gasteiger partial charge in [0.1, 0.15) is 10.7 Å². The van der Waals surface area contributed by atoms with Crippen LogP contribution in [-0.2, 0) is 9.59 Å². The highest BCUT2D eigenvalue weighted by Crippen LogP contribution is 2.34. The van der Waals surface area contributed by atoms with E-state index in [4.69, 9.17) is 11.6 Å². The molecule has 2 amide bonds. The lowest BCUT2D eigenvalue weighted by Gasteiger charge is -2.22. The molecule has 0 radical (unpaired) electrons. The lowest BCUT2D eigenvalue weighted by atomic mass is 10.1. The van der Waals surface area contributed by atoms with Crippen molar-refractivity contribution in [3.63, 3.8) is 0 Å². The Kier molecular flexibility index (Phi) is 4.16. The SMILES string of the molecule is Cc1ccc(C)c(N2C(=O)C(Cl)=C(N(C)c3ccccc3)C2=O)c1. The number of carbonyl (C=O) groups is 2.